The van der Waals surface area contributed by atoms with Crippen LogP contribution in [0, 0.1) is 11.7 Å². The van der Waals surface area contributed by atoms with Crippen LogP contribution in [0.1, 0.15) is 65.2 Å². The number of para-hydroxylation sites is 1. The van der Waals surface area contributed by atoms with Crippen LogP contribution >= 0.6 is 0 Å². The van der Waals surface area contributed by atoms with Crippen LogP contribution < -0.4 is 4.74 Å². The van der Waals surface area contributed by atoms with Gasteiger partial charge in [-0.25, -0.2) is 18.9 Å². The molecular weight excluding hydrogens is 592 g/mol. The zero-order valence-corrected chi connectivity index (χ0v) is 24.1. The molecule has 1 saturated carbocycles. The van der Waals surface area contributed by atoms with E-state index in [1.54, 1.807) is 36.4 Å². The lowest BCUT2D eigenvalue weighted by Gasteiger charge is -2.36. The van der Waals surface area contributed by atoms with E-state index < -0.39 is 29.2 Å². The van der Waals surface area contributed by atoms with Crippen molar-refractivity contribution in [1.29, 1.82) is 0 Å². The number of carboxylic acids is 1. The maximum absolute atomic E-state index is 15.2. The summed E-state index contributed by atoms with van der Waals surface area (Å²) >= 11 is 0. The third kappa shape index (κ3) is 6.27. The molecule has 1 saturated heterocycles. The molecule has 1 aliphatic carbocycles. The number of carbonyl (C=O) groups is 2. The number of alkyl halides is 3. The number of aromatic nitrogens is 3. The molecule has 0 bridgehead atoms. The number of carboxylic acid groups (broad SMARTS) is 1. The summed E-state index contributed by atoms with van der Waals surface area (Å²) in [5.74, 6) is -1.48. The smallest absolute Gasteiger partial charge is 0.434 e. The molecule has 6 rings (SSSR count). The number of piperidine rings is 1. The number of benzene rings is 2. The van der Waals surface area contributed by atoms with Crippen LogP contribution in [0.4, 0.5) is 17.6 Å². The van der Waals surface area contributed by atoms with Crippen molar-refractivity contribution in [1.82, 2.24) is 19.7 Å². The van der Waals surface area contributed by atoms with Gasteiger partial charge < -0.3 is 14.7 Å². The SMILES string of the molecule is O=C(O)c1cnn(-c2cccc(-c3ccccc3OCc3ccc(C4CCN(C(=O)C5CCC5)CC4)cc3F)n2)c1C(F)(F)F. The van der Waals surface area contributed by atoms with E-state index in [0.717, 1.165) is 37.7 Å². The van der Waals surface area contributed by atoms with E-state index >= 15 is 4.39 Å². The molecule has 8 nitrogen and oxygen atoms in total. The lowest BCUT2D eigenvalue weighted by atomic mass is 9.83. The fourth-order valence-corrected chi connectivity index (χ4v) is 5.88. The Hall–Kier alpha value is -4.74. The van der Waals surface area contributed by atoms with Crippen LogP contribution in [0.2, 0.25) is 0 Å². The van der Waals surface area contributed by atoms with E-state index in [1.165, 1.54) is 18.2 Å². The summed E-state index contributed by atoms with van der Waals surface area (Å²) < 4.78 is 63.0. The highest BCUT2D eigenvalue weighted by Crippen LogP contribution is 2.36. The number of halogens is 4. The van der Waals surface area contributed by atoms with E-state index in [9.17, 15) is 27.9 Å². The normalized spacial score (nSPS) is 16.0. The van der Waals surface area contributed by atoms with Crippen molar-refractivity contribution in [3.63, 3.8) is 0 Å². The number of nitrogens with zero attached hydrogens (tertiary/aromatic N) is 4. The summed E-state index contributed by atoms with van der Waals surface area (Å²) in [7, 11) is 0. The molecule has 0 atom stereocenters. The number of hydrogen-bond donors (Lipinski definition) is 1. The Morgan fingerprint density at radius 1 is 0.978 bits per heavy atom. The second-order valence-electron chi connectivity index (χ2n) is 11.4. The minimum atomic E-state index is -4.99. The predicted molar refractivity (Wildman–Crippen MR) is 155 cm³/mol. The van der Waals surface area contributed by atoms with Gasteiger partial charge in [-0.2, -0.15) is 18.3 Å². The second-order valence-corrected chi connectivity index (χ2v) is 11.4. The largest absolute Gasteiger partial charge is 0.488 e. The Bertz CT molecular complexity index is 1730. The molecule has 12 heteroatoms. The molecule has 0 unspecified atom stereocenters. The van der Waals surface area contributed by atoms with E-state index in [2.05, 4.69) is 10.1 Å². The third-order valence-electron chi connectivity index (χ3n) is 8.58. The molecule has 2 aromatic carbocycles. The van der Waals surface area contributed by atoms with Crippen LogP contribution in [-0.4, -0.2) is 49.7 Å². The van der Waals surface area contributed by atoms with Crippen molar-refractivity contribution in [3.05, 3.63) is 95.1 Å². The first kappa shape index (κ1) is 30.3. The van der Waals surface area contributed by atoms with E-state index in [0.29, 0.717) is 40.8 Å². The molecule has 2 aromatic heterocycles. The Morgan fingerprint density at radius 2 is 1.73 bits per heavy atom. The van der Waals surface area contributed by atoms with E-state index in [1.807, 2.05) is 11.0 Å². The van der Waals surface area contributed by atoms with Crippen molar-refractivity contribution in [2.75, 3.05) is 13.1 Å². The number of pyridine rings is 1. The average molecular weight is 623 g/mol. The zero-order valence-electron chi connectivity index (χ0n) is 24.1. The van der Waals surface area contributed by atoms with E-state index in [-0.39, 0.29) is 35.9 Å². The second kappa shape index (κ2) is 12.3. The fourth-order valence-electron chi connectivity index (χ4n) is 5.88. The topological polar surface area (TPSA) is 97.5 Å². The number of hydrogen-bond acceptors (Lipinski definition) is 5. The Labute approximate surface area is 256 Å². The molecule has 0 spiro atoms. The van der Waals surface area contributed by atoms with Crippen LogP contribution in [0.5, 0.6) is 5.75 Å². The summed E-state index contributed by atoms with van der Waals surface area (Å²) in [5, 5.41) is 12.9. The number of ether oxygens (including phenoxy) is 1. The van der Waals surface area contributed by atoms with Crippen LogP contribution in [-0.2, 0) is 17.6 Å². The molecule has 1 aliphatic heterocycles. The van der Waals surface area contributed by atoms with Gasteiger partial charge in [0.05, 0.1) is 11.9 Å². The summed E-state index contributed by atoms with van der Waals surface area (Å²) in [5.41, 5.74) is -0.524. The van der Waals surface area contributed by atoms with Crippen LogP contribution in [0.3, 0.4) is 0 Å². The maximum Gasteiger partial charge on any atom is 0.434 e. The number of likely N-dealkylation sites (tertiary alicyclic amines) is 1. The summed E-state index contributed by atoms with van der Waals surface area (Å²) in [4.78, 5) is 30.2. The lowest BCUT2D eigenvalue weighted by molar-refractivity contribution is -0.143. The van der Waals surface area contributed by atoms with Gasteiger partial charge in [-0.15, -0.1) is 0 Å². The molecule has 3 heterocycles. The van der Waals surface area contributed by atoms with Crippen molar-refractivity contribution in [2.24, 2.45) is 5.92 Å². The van der Waals surface area contributed by atoms with Gasteiger partial charge in [-0.3, -0.25) is 4.79 Å². The number of carbonyl (C=O) groups excluding carboxylic acids is 1. The highest BCUT2D eigenvalue weighted by Gasteiger charge is 2.41. The van der Waals surface area contributed by atoms with Gasteiger partial charge in [0.2, 0.25) is 5.91 Å². The quantitative estimate of drug-likeness (QED) is 0.215. The first-order valence-corrected chi connectivity index (χ1v) is 14.8. The molecular formula is C33H30F4N4O4. The standard InChI is InChI=1S/C33H30F4N4O4/c34-26-17-22(20-13-15-40(16-14-20)31(42)21-5-3-6-21)11-12-23(26)19-45-28-9-2-1-7-24(28)27-8-4-10-29(39-27)41-30(33(35,36)37)25(18-38-41)32(43)44/h1-2,4,7-12,17-18,20-21H,3,5-6,13-16,19H2,(H,43,44). The van der Waals surface area contributed by atoms with Gasteiger partial charge in [0.15, 0.2) is 11.5 Å². The van der Waals surface area contributed by atoms with Gasteiger partial charge in [-0.05, 0) is 67.5 Å². The van der Waals surface area contributed by atoms with Gasteiger partial charge >= 0.3 is 12.1 Å². The Kier molecular flexibility index (Phi) is 8.30. The molecule has 2 aliphatic rings. The lowest BCUT2D eigenvalue weighted by Crippen LogP contribution is -2.43. The monoisotopic (exact) mass is 622 g/mol. The predicted octanol–water partition coefficient (Wildman–Crippen LogP) is 6.88. The molecule has 1 amide bonds. The van der Waals surface area contributed by atoms with Crippen LogP contribution in [0.25, 0.3) is 17.1 Å². The summed E-state index contributed by atoms with van der Waals surface area (Å²) in [6.07, 6.45) is 0.286. The van der Waals surface area contributed by atoms with E-state index in [4.69, 9.17) is 4.74 Å². The zero-order chi connectivity index (χ0) is 31.7. The van der Waals surface area contributed by atoms with Gasteiger partial charge in [0.25, 0.3) is 0 Å². The first-order chi connectivity index (χ1) is 21.6. The van der Waals surface area contributed by atoms with Crippen molar-refractivity contribution < 1.29 is 37.0 Å². The number of rotatable bonds is 8. The highest BCUT2D eigenvalue weighted by atomic mass is 19.4. The minimum Gasteiger partial charge on any atom is -0.488 e. The average Bonchev–Trinajstić information content (AvgIpc) is 3.47. The molecule has 0 radical (unpaired) electrons. The van der Waals surface area contributed by atoms with Crippen molar-refractivity contribution in [3.8, 4) is 22.8 Å². The fraction of sp³-hybridized carbons (Fsp3) is 0.333. The number of aromatic carboxylic acids is 1. The summed E-state index contributed by atoms with van der Waals surface area (Å²) in [6, 6.07) is 16.2. The molecule has 2 fully saturated rings. The van der Waals surface area contributed by atoms with Gasteiger partial charge in [-0.1, -0.05) is 36.8 Å². The van der Waals surface area contributed by atoms with Crippen molar-refractivity contribution >= 4 is 11.9 Å². The first-order valence-electron chi connectivity index (χ1n) is 14.8. The summed E-state index contributed by atoms with van der Waals surface area (Å²) in [6.45, 7) is 1.25. The molecule has 45 heavy (non-hydrogen) atoms. The Balaban J connectivity index is 1.16. The van der Waals surface area contributed by atoms with Crippen molar-refractivity contribution in [2.45, 2.75) is 50.8 Å². The van der Waals surface area contributed by atoms with Crippen LogP contribution in [0.15, 0.2) is 66.9 Å². The maximum atomic E-state index is 15.2. The number of amides is 1. The van der Waals surface area contributed by atoms with Gasteiger partial charge in [0, 0.05) is 30.1 Å². The molecule has 234 valence electrons. The Morgan fingerprint density at radius 3 is 2.40 bits per heavy atom. The molecule has 1 N–H and O–H groups in total. The minimum absolute atomic E-state index is 0.101. The highest BCUT2D eigenvalue weighted by molar-refractivity contribution is 5.89. The third-order valence-corrected chi connectivity index (χ3v) is 8.58. The van der Waals surface area contributed by atoms with Gasteiger partial charge in [0.1, 0.15) is 23.7 Å². The molecule has 4 aromatic rings.